The van der Waals surface area contributed by atoms with Gasteiger partial charge < -0.3 is 14.7 Å². The van der Waals surface area contributed by atoms with Gasteiger partial charge in [0.15, 0.2) is 0 Å². The van der Waals surface area contributed by atoms with Crippen LogP contribution in [-0.4, -0.2) is 41.6 Å². The fourth-order valence-corrected chi connectivity index (χ4v) is 4.53. The van der Waals surface area contributed by atoms with Crippen LogP contribution in [0.15, 0.2) is 52.1 Å². The van der Waals surface area contributed by atoms with Crippen LogP contribution in [0.1, 0.15) is 39.0 Å². The number of carbonyl (C=O) groups excluding carboxylic acids is 1. The van der Waals surface area contributed by atoms with Crippen molar-refractivity contribution >= 4 is 29.3 Å². The molecule has 0 saturated heterocycles. The Bertz CT molecular complexity index is 1000. The second kappa shape index (κ2) is 10.1. The number of thioether (sulfide) groups is 1. The Labute approximate surface area is 186 Å². The van der Waals surface area contributed by atoms with E-state index in [0.717, 1.165) is 22.6 Å². The molecule has 1 amide bonds. The highest BCUT2D eigenvalue weighted by Crippen LogP contribution is 2.28. The molecule has 2 heterocycles. The number of nitrogens with one attached hydrogen (secondary N) is 1. The van der Waals surface area contributed by atoms with E-state index in [-0.39, 0.29) is 11.9 Å². The molecule has 6 nitrogen and oxygen atoms in total. The van der Waals surface area contributed by atoms with Gasteiger partial charge in [-0.05, 0) is 51.7 Å². The van der Waals surface area contributed by atoms with Crippen molar-refractivity contribution in [3.05, 3.63) is 75.8 Å². The van der Waals surface area contributed by atoms with Gasteiger partial charge in [-0.2, -0.15) is 0 Å². The zero-order chi connectivity index (χ0) is 21.7. The highest BCUT2D eigenvalue weighted by Gasteiger charge is 2.20. The van der Waals surface area contributed by atoms with Crippen LogP contribution >= 0.6 is 23.4 Å². The van der Waals surface area contributed by atoms with Crippen molar-refractivity contribution in [2.24, 2.45) is 0 Å². The molecule has 30 heavy (non-hydrogen) atoms. The van der Waals surface area contributed by atoms with Gasteiger partial charge in [0.25, 0.3) is 5.91 Å². The van der Waals surface area contributed by atoms with Crippen LogP contribution in [0.5, 0.6) is 0 Å². The Hall–Kier alpha value is -2.35. The maximum absolute atomic E-state index is 13.0. The van der Waals surface area contributed by atoms with Crippen molar-refractivity contribution in [1.29, 1.82) is 0 Å². The Morgan fingerprint density at radius 3 is 2.67 bits per heavy atom. The second-order valence-electron chi connectivity index (χ2n) is 7.16. The van der Waals surface area contributed by atoms with E-state index in [1.54, 1.807) is 18.3 Å². The number of pyridine rings is 1. The third-order valence-electron chi connectivity index (χ3n) is 4.89. The van der Waals surface area contributed by atoms with Crippen molar-refractivity contribution in [2.75, 3.05) is 20.6 Å². The Morgan fingerprint density at radius 1 is 1.23 bits per heavy atom. The fraction of sp³-hybridized carbons (Fsp3) is 0.318. The molecule has 1 atom stereocenters. The molecule has 3 rings (SSSR count). The Kier molecular flexibility index (Phi) is 7.53. The first-order chi connectivity index (χ1) is 14.4. The lowest BCUT2D eigenvalue weighted by molar-refractivity contribution is 0.0938. The molecule has 0 unspecified atom stereocenters. The highest BCUT2D eigenvalue weighted by atomic mass is 35.5. The third kappa shape index (κ3) is 5.22. The molecule has 8 heteroatoms. The standard InChI is InChI=1S/C22H25ClN4O2S/c1-14-18(15(2)29-26-14)13-30-22-17(9-7-11-24-22)21(28)25-12-20(27(3)4)16-8-5-6-10-19(16)23/h5-11,20H,12-13H2,1-4H3,(H,25,28)/t20-/m0/s1. The number of aromatic nitrogens is 2. The van der Waals surface area contributed by atoms with Crippen molar-refractivity contribution in [2.45, 2.75) is 30.7 Å². The van der Waals surface area contributed by atoms with E-state index in [1.807, 2.05) is 57.1 Å². The molecule has 158 valence electrons. The molecule has 0 spiro atoms. The van der Waals surface area contributed by atoms with Gasteiger partial charge in [-0.1, -0.05) is 35.0 Å². The summed E-state index contributed by atoms with van der Waals surface area (Å²) in [7, 11) is 3.93. The smallest absolute Gasteiger partial charge is 0.254 e. The molecule has 1 aromatic carbocycles. The van der Waals surface area contributed by atoms with Gasteiger partial charge in [0.2, 0.25) is 0 Å². The SMILES string of the molecule is Cc1noc(C)c1CSc1ncccc1C(=O)NC[C@@H](c1ccccc1Cl)N(C)C. The van der Waals surface area contributed by atoms with Crippen LogP contribution in [0.25, 0.3) is 0 Å². The van der Waals surface area contributed by atoms with Crippen LogP contribution in [0.4, 0.5) is 0 Å². The molecular weight excluding hydrogens is 420 g/mol. The van der Waals surface area contributed by atoms with Crippen molar-refractivity contribution < 1.29 is 9.32 Å². The Balaban J connectivity index is 1.72. The lowest BCUT2D eigenvalue weighted by Crippen LogP contribution is -2.35. The zero-order valence-corrected chi connectivity index (χ0v) is 19.0. The topological polar surface area (TPSA) is 71.3 Å². The van der Waals surface area contributed by atoms with Gasteiger partial charge >= 0.3 is 0 Å². The molecule has 2 aromatic heterocycles. The van der Waals surface area contributed by atoms with Gasteiger partial charge in [-0.3, -0.25) is 4.79 Å². The predicted octanol–water partition coefficient (Wildman–Crippen LogP) is 4.66. The number of carbonyl (C=O) groups is 1. The van der Waals surface area contributed by atoms with Crippen LogP contribution in [0.2, 0.25) is 5.02 Å². The quantitative estimate of drug-likeness (QED) is 0.509. The first-order valence-corrected chi connectivity index (χ1v) is 10.9. The van der Waals surface area contributed by atoms with Gasteiger partial charge in [-0.15, -0.1) is 11.8 Å². The minimum atomic E-state index is -0.164. The van der Waals surface area contributed by atoms with Gasteiger partial charge in [0.1, 0.15) is 10.8 Å². The number of nitrogens with zero attached hydrogens (tertiary/aromatic N) is 3. The molecule has 0 aliphatic rings. The molecule has 0 aliphatic carbocycles. The van der Waals surface area contributed by atoms with E-state index in [9.17, 15) is 4.79 Å². The number of likely N-dealkylation sites (N-methyl/N-ethyl adjacent to an activating group) is 1. The summed E-state index contributed by atoms with van der Waals surface area (Å²) in [5.74, 6) is 1.26. The molecule has 0 fully saturated rings. The summed E-state index contributed by atoms with van der Waals surface area (Å²) >= 11 is 7.87. The lowest BCUT2D eigenvalue weighted by Gasteiger charge is -2.26. The first kappa shape index (κ1) is 22.3. The zero-order valence-electron chi connectivity index (χ0n) is 17.5. The fourth-order valence-electron chi connectivity index (χ4n) is 3.13. The summed E-state index contributed by atoms with van der Waals surface area (Å²) < 4.78 is 5.22. The van der Waals surface area contributed by atoms with Crippen LogP contribution in [-0.2, 0) is 5.75 Å². The van der Waals surface area contributed by atoms with E-state index in [2.05, 4.69) is 15.5 Å². The maximum Gasteiger partial charge on any atom is 0.254 e. The normalized spacial score (nSPS) is 12.2. The van der Waals surface area contributed by atoms with Crippen molar-refractivity contribution in [3.63, 3.8) is 0 Å². The number of rotatable bonds is 8. The largest absolute Gasteiger partial charge is 0.361 e. The van der Waals surface area contributed by atoms with E-state index >= 15 is 0 Å². The summed E-state index contributed by atoms with van der Waals surface area (Å²) in [6.45, 7) is 4.23. The highest BCUT2D eigenvalue weighted by molar-refractivity contribution is 7.98. The van der Waals surface area contributed by atoms with Gasteiger partial charge in [0.05, 0.1) is 17.3 Å². The summed E-state index contributed by atoms with van der Waals surface area (Å²) in [6, 6.07) is 11.2. The van der Waals surface area contributed by atoms with Crippen LogP contribution < -0.4 is 5.32 Å². The molecule has 0 aliphatic heterocycles. The summed E-state index contributed by atoms with van der Waals surface area (Å²) in [6.07, 6.45) is 1.69. The molecule has 0 radical (unpaired) electrons. The average molecular weight is 445 g/mol. The van der Waals surface area contributed by atoms with E-state index in [0.29, 0.717) is 27.9 Å². The second-order valence-corrected chi connectivity index (χ2v) is 8.53. The minimum Gasteiger partial charge on any atom is -0.361 e. The monoisotopic (exact) mass is 444 g/mol. The number of hydrogen-bond acceptors (Lipinski definition) is 6. The van der Waals surface area contributed by atoms with E-state index < -0.39 is 0 Å². The van der Waals surface area contributed by atoms with Crippen LogP contribution in [0, 0.1) is 13.8 Å². The number of hydrogen-bond donors (Lipinski definition) is 1. The number of aryl methyl sites for hydroxylation is 2. The predicted molar refractivity (Wildman–Crippen MR) is 120 cm³/mol. The molecule has 3 aromatic rings. The average Bonchev–Trinajstić information content (AvgIpc) is 3.05. The summed E-state index contributed by atoms with van der Waals surface area (Å²) in [5, 5.41) is 8.38. The van der Waals surface area contributed by atoms with E-state index in [1.165, 1.54) is 11.8 Å². The molecular formula is C22H25ClN4O2S. The van der Waals surface area contributed by atoms with E-state index in [4.69, 9.17) is 16.1 Å². The minimum absolute atomic E-state index is 0.0438. The third-order valence-corrected chi connectivity index (χ3v) is 6.27. The first-order valence-electron chi connectivity index (χ1n) is 9.57. The molecule has 0 bridgehead atoms. The summed E-state index contributed by atoms with van der Waals surface area (Å²) in [4.78, 5) is 19.4. The van der Waals surface area contributed by atoms with Gasteiger partial charge in [0, 0.05) is 29.1 Å². The number of amides is 1. The maximum atomic E-state index is 13.0. The van der Waals surface area contributed by atoms with Crippen LogP contribution in [0.3, 0.4) is 0 Å². The number of halogens is 1. The van der Waals surface area contributed by atoms with Gasteiger partial charge in [-0.25, -0.2) is 4.98 Å². The number of benzene rings is 1. The van der Waals surface area contributed by atoms with Crippen molar-refractivity contribution in [3.8, 4) is 0 Å². The summed E-state index contributed by atoms with van der Waals surface area (Å²) in [5.41, 5.74) is 3.41. The van der Waals surface area contributed by atoms with Crippen molar-refractivity contribution in [1.82, 2.24) is 20.4 Å². The lowest BCUT2D eigenvalue weighted by atomic mass is 10.1. The Morgan fingerprint density at radius 2 is 2.00 bits per heavy atom. The molecule has 0 saturated carbocycles. The molecule has 1 N–H and O–H groups in total.